The highest BCUT2D eigenvalue weighted by atomic mass is 16.5. The molecule has 0 aliphatic carbocycles. The van der Waals surface area contributed by atoms with E-state index in [4.69, 9.17) is 9.47 Å². The van der Waals surface area contributed by atoms with Crippen molar-refractivity contribution in [3.05, 3.63) is 72.1 Å². The van der Waals surface area contributed by atoms with E-state index in [1.165, 1.54) is 0 Å². The predicted octanol–water partition coefficient (Wildman–Crippen LogP) is 3.83. The molecule has 202 valence electrons. The monoisotopic (exact) mass is 528 g/mol. The lowest BCUT2D eigenvalue weighted by Gasteiger charge is -2.37. The van der Waals surface area contributed by atoms with Crippen LogP contribution in [0.4, 0.5) is 5.69 Å². The molecule has 1 fully saturated rings. The molecule has 3 heterocycles. The van der Waals surface area contributed by atoms with Gasteiger partial charge >= 0.3 is 0 Å². The van der Waals surface area contributed by atoms with Crippen molar-refractivity contribution in [3.63, 3.8) is 0 Å². The summed E-state index contributed by atoms with van der Waals surface area (Å²) in [6.07, 6.45) is 1.67. The van der Waals surface area contributed by atoms with Crippen LogP contribution >= 0.6 is 0 Å². The summed E-state index contributed by atoms with van der Waals surface area (Å²) in [4.78, 5) is 34.6. The normalized spacial score (nSPS) is 14.0. The average Bonchev–Trinajstić information content (AvgIpc) is 3.42. The molecular formula is C29H32N6O4. The Balaban J connectivity index is 1.29. The van der Waals surface area contributed by atoms with Gasteiger partial charge in [-0.1, -0.05) is 0 Å². The third-order valence-corrected chi connectivity index (χ3v) is 6.99. The van der Waals surface area contributed by atoms with Gasteiger partial charge in [0.2, 0.25) is 0 Å². The second kappa shape index (κ2) is 11.1. The van der Waals surface area contributed by atoms with Gasteiger partial charge in [0.25, 0.3) is 11.8 Å². The number of nitrogens with one attached hydrogen (secondary N) is 1. The molecule has 1 saturated heterocycles. The Morgan fingerprint density at radius 2 is 1.62 bits per heavy atom. The zero-order chi connectivity index (χ0) is 27.5. The first-order valence-electron chi connectivity index (χ1n) is 12.9. The van der Waals surface area contributed by atoms with Gasteiger partial charge in [0.05, 0.1) is 19.9 Å². The van der Waals surface area contributed by atoms with Gasteiger partial charge < -0.3 is 19.7 Å². The first-order valence-corrected chi connectivity index (χ1v) is 12.9. The Morgan fingerprint density at radius 1 is 0.897 bits per heavy atom. The number of aromatic nitrogens is 3. The van der Waals surface area contributed by atoms with Gasteiger partial charge in [0.15, 0.2) is 22.8 Å². The van der Waals surface area contributed by atoms with Gasteiger partial charge in [-0.15, -0.1) is 0 Å². The van der Waals surface area contributed by atoms with E-state index < -0.39 is 0 Å². The maximum absolute atomic E-state index is 13.0. The third kappa shape index (κ3) is 5.42. The lowest BCUT2D eigenvalue weighted by molar-refractivity contribution is 0.0595. The first-order chi connectivity index (χ1) is 18.9. The van der Waals surface area contributed by atoms with Crippen LogP contribution in [0.25, 0.3) is 16.9 Å². The zero-order valence-electron chi connectivity index (χ0n) is 22.5. The number of rotatable bonds is 7. The van der Waals surface area contributed by atoms with E-state index in [0.29, 0.717) is 47.5 Å². The van der Waals surface area contributed by atoms with Crippen LogP contribution in [0.1, 0.15) is 34.7 Å². The Bertz CT molecular complexity index is 1490. The Morgan fingerprint density at radius 3 is 2.28 bits per heavy atom. The smallest absolute Gasteiger partial charge is 0.276 e. The van der Waals surface area contributed by atoms with Crippen molar-refractivity contribution in [3.8, 4) is 22.8 Å². The van der Waals surface area contributed by atoms with Crippen LogP contribution in [0, 0.1) is 0 Å². The molecule has 39 heavy (non-hydrogen) atoms. The fourth-order valence-electron chi connectivity index (χ4n) is 4.74. The quantitative estimate of drug-likeness (QED) is 0.389. The Labute approximate surface area is 227 Å². The molecule has 1 aliphatic rings. The minimum absolute atomic E-state index is 0.00500. The van der Waals surface area contributed by atoms with Crippen molar-refractivity contribution >= 4 is 23.1 Å². The van der Waals surface area contributed by atoms with E-state index >= 15 is 0 Å². The van der Waals surface area contributed by atoms with Gasteiger partial charge in [-0.25, -0.2) is 9.50 Å². The summed E-state index contributed by atoms with van der Waals surface area (Å²) in [5.74, 6) is 0.839. The van der Waals surface area contributed by atoms with Gasteiger partial charge in [0, 0.05) is 61.3 Å². The van der Waals surface area contributed by atoms with E-state index in [1.54, 1.807) is 55.3 Å². The highest BCUT2D eigenvalue weighted by Crippen LogP contribution is 2.32. The van der Waals surface area contributed by atoms with Gasteiger partial charge in [-0.05, 0) is 62.4 Å². The highest BCUT2D eigenvalue weighted by Gasteiger charge is 2.23. The van der Waals surface area contributed by atoms with Crippen molar-refractivity contribution in [1.82, 2.24) is 24.4 Å². The number of fused-ring (bicyclic) bond motifs is 1. The molecule has 10 heteroatoms. The van der Waals surface area contributed by atoms with Crippen LogP contribution in [0.5, 0.6) is 11.5 Å². The molecule has 1 aliphatic heterocycles. The second-order valence-corrected chi connectivity index (χ2v) is 9.65. The summed E-state index contributed by atoms with van der Waals surface area (Å²) in [6, 6.07) is 16.4. The maximum atomic E-state index is 13.0. The molecule has 1 N–H and O–H groups in total. The molecule has 2 amide bonds. The second-order valence-electron chi connectivity index (χ2n) is 9.65. The summed E-state index contributed by atoms with van der Waals surface area (Å²) >= 11 is 0. The summed E-state index contributed by atoms with van der Waals surface area (Å²) in [6.45, 7) is 7.51. The zero-order valence-corrected chi connectivity index (χ0v) is 22.5. The molecular weight excluding hydrogens is 496 g/mol. The number of methoxy groups -OCH3 is 2. The number of benzene rings is 2. The maximum Gasteiger partial charge on any atom is 0.276 e. The Hall–Kier alpha value is -4.44. The van der Waals surface area contributed by atoms with Gasteiger partial charge in [-0.2, -0.15) is 5.10 Å². The minimum atomic E-state index is -0.373. The molecule has 2 aromatic heterocycles. The molecule has 0 unspecified atom stereocenters. The van der Waals surface area contributed by atoms with E-state index in [9.17, 15) is 9.59 Å². The molecule has 4 aromatic rings. The number of anilines is 1. The van der Waals surface area contributed by atoms with Crippen molar-refractivity contribution in [2.75, 3.05) is 45.7 Å². The van der Waals surface area contributed by atoms with Crippen molar-refractivity contribution in [1.29, 1.82) is 0 Å². The van der Waals surface area contributed by atoms with Crippen LogP contribution in [0.2, 0.25) is 0 Å². The highest BCUT2D eigenvalue weighted by molar-refractivity contribution is 6.04. The fraction of sp³-hybridized carbons (Fsp3) is 0.310. The summed E-state index contributed by atoms with van der Waals surface area (Å²) in [5, 5.41) is 7.38. The average molecular weight is 529 g/mol. The number of carbonyl (C=O) groups is 2. The van der Waals surface area contributed by atoms with Crippen LogP contribution in [-0.2, 0) is 0 Å². The van der Waals surface area contributed by atoms with E-state index in [2.05, 4.69) is 34.1 Å². The SMILES string of the molecule is COc1ccc(-c2ccnc3cc(C(=O)Nc4ccc(C(=O)N5CCN(C(C)C)CC5)cc4)nn23)cc1OC. The van der Waals surface area contributed by atoms with Crippen LogP contribution in [-0.4, -0.2) is 82.7 Å². The van der Waals surface area contributed by atoms with E-state index in [1.807, 2.05) is 29.2 Å². The lowest BCUT2D eigenvalue weighted by Crippen LogP contribution is -2.50. The van der Waals surface area contributed by atoms with Crippen LogP contribution in [0.15, 0.2) is 60.8 Å². The largest absolute Gasteiger partial charge is 0.493 e. The molecule has 0 saturated carbocycles. The molecule has 0 atom stereocenters. The third-order valence-electron chi connectivity index (χ3n) is 6.99. The minimum Gasteiger partial charge on any atom is -0.493 e. The van der Waals surface area contributed by atoms with Gasteiger partial charge in [-0.3, -0.25) is 14.5 Å². The summed E-state index contributed by atoms with van der Waals surface area (Å²) in [7, 11) is 3.16. The summed E-state index contributed by atoms with van der Waals surface area (Å²) < 4.78 is 12.4. The summed E-state index contributed by atoms with van der Waals surface area (Å²) in [5.41, 5.74) is 3.51. The first kappa shape index (κ1) is 26.2. The van der Waals surface area contributed by atoms with Crippen molar-refractivity contribution in [2.45, 2.75) is 19.9 Å². The molecule has 0 spiro atoms. The molecule has 0 bridgehead atoms. The number of hydrogen-bond donors (Lipinski definition) is 1. The molecule has 2 aromatic carbocycles. The van der Waals surface area contributed by atoms with Gasteiger partial charge in [0.1, 0.15) is 0 Å². The van der Waals surface area contributed by atoms with E-state index in [-0.39, 0.29) is 17.5 Å². The fourth-order valence-corrected chi connectivity index (χ4v) is 4.74. The molecule has 10 nitrogen and oxygen atoms in total. The van der Waals surface area contributed by atoms with Crippen LogP contribution < -0.4 is 14.8 Å². The van der Waals surface area contributed by atoms with E-state index in [0.717, 1.165) is 24.3 Å². The number of carbonyl (C=O) groups excluding carboxylic acids is 2. The van der Waals surface area contributed by atoms with Crippen molar-refractivity contribution < 1.29 is 19.1 Å². The van der Waals surface area contributed by atoms with Crippen molar-refractivity contribution in [2.24, 2.45) is 0 Å². The lowest BCUT2D eigenvalue weighted by atomic mass is 10.1. The number of hydrogen-bond acceptors (Lipinski definition) is 7. The molecule has 0 radical (unpaired) electrons. The van der Waals surface area contributed by atoms with Crippen LogP contribution in [0.3, 0.4) is 0 Å². The topological polar surface area (TPSA) is 101 Å². The number of piperazine rings is 1. The number of nitrogens with zero attached hydrogens (tertiary/aromatic N) is 5. The Kier molecular flexibility index (Phi) is 7.47. The predicted molar refractivity (Wildman–Crippen MR) is 149 cm³/mol. The number of ether oxygens (including phenoxy) is 2. The molecule has 5 rings (SSSR count). The standard InChI is InChI=1S/C29H32N6O4/c1-19(2)33-13-15-34(16-14-33)29(37)20-5-8-22(9-6-20)31-28(36)23-18-27-30-12-11-24(35(27)32-23)21-7-10-25(38-3)26(17-21)39-4/h5-12,17-19H,13-16H2,1-4H3,(H,31,36). The number of amides is 2.